The summed E-state index contributed by atoms with van der Waals surface area (Å²) in [5.74, 6) is 0.317. The summed E-state index contributed by atoms with van der Waals surface area (Å²) < 4.78 is 13.9. The summed E-state index contributed by atoms with van der Waals surface area (Å²) in [5, 5.41) is 12.0. The lowest BCUT2D eigenvalue weighted by atomic mass is 9.70. The van der Waals surface area contributed by atoms with Gasteiger partial charge in [-0.15, -0.1) is 0 Å². The number of hydrogen-bond donors (Lipinski definition) is 1. The van der Waals surface area contributed by atoms with Gasteiger partial charge in [-0.3, -0.25) is 0 Å². The highest BCUT2D eigenvalue weighted by atomic mass is 19.1. The zero-order valence-corrected chi connectivity index (χ0v) is 11.8. The van der Waals surface area contributed by atoms with Gasteiger partial charge in [-0.2, -0.15) is 5.26 Å². The molecule has 1 saturated carbocycles. The molecule has 0 saturated heterocycles. The topological polar surface area (TPSA) is 35.8 Å². The van der Waals surface area contributed by atoms with Crippen molar-refractivity contribution in [3.63, 3.8) is 0 Å². The maximum absolute atomic E-state index is 13.9. The molecule has 0 aromatic heterocycles. The molecule has 0 bridgehead atoms. The van der Waals surface area contributed by atoms with Crippen LogP contribution in [0.5, 0.6) is 0 Å². The van der Waals surface area contributed by atoms with Gasteiger partial charge in [0.15, 0.2) is 0 Å². The number of nitriles is 1. The van der Waals surface area contributed by atoms with Gasteiger partial charge in [-0.05, 0) is 48.8 Å². The molecule has 1 aromatic carbocycles. The second-order valence-corrected chi connectivity index (χ2v) is 6.56. The third-order valence-electron chi connectivity index (χ3n) is 3.84. The third kappa shape index (κ3) is 3.47. The molecular weight excluding hydrogens is 239 g/mol. The lowest BCUT2D eigenvalue weighted by molar-refractivity contribution is 0.177. The molecule has 2 nitrogen and oxygen atoms in total. The van der Waals surface area contributed by atoms with Gasteiger partial charge in [0.2, 0.25) is 0 Å². The quantitative estimate of drug-likeness (QED) is 0.859. The van der Waals surface area contributed by atoms with Gasteiger partial charge in [-0.25, -0.2) is 4.39 Å². The van der Waals surface area contributed by atoms with E-state index in [0.29, 0.717) is 28.6 Å². The van der Waals surface area contributed by atoms with Crippen molar-refractivity contribution in [1.29, 1.82) is 5.26 Å². The van der Waals surface area contributed by atoms with Crippen LogP contribution in [0.25, 0.3) is 0 Å². The van der Waals surface area contributed by atoms with E-state index < -0.39 is 0 Å². The van der Waals surface area contributed by atoms with Crippen LogP contribution in [0.3, 0.4) is 0 Å². The number of nitrogens with zero attached hydrogens (tertiary/aromatic N) is 1. The maximum Gasteiger partial charge on any atom is 0.147 e. The molecule has 1 fully saturated rings. The molecule has 1 aromatic rings. The second-order valence-electron chi connectivity index (χ2n) is 6.56. The van der Waals surface area contributed by atoms with Crippen molar-refractivity contribution >= 4 is 5.69 Å². The van der Waals surface area contributed by atoms with E-state index in [4.69, 9.17) is 5.26 Å². The van der Waals surface area contributed by atoms with E-state index in [0.717, 1.165) is 12.8 Å². The fourth-order valence-electron chi connectivity index (χ4n) is 3.38. The minimum absolute atomic E-state index is 0.304. The molecule has 0 spiro atoms. The van der Waals surface area contributed by atoms with Gasteiger partial charge >= 0.3 is 0 Å². The normalized spacial score (nSPS) is 25.6. The first-order valence-corrected chi connectivity index (χ1v) is 6.86. The summed E-state index contributed by atoms with van der Waals surface area (Å²) >= 11 is 0. The summed E-state index contributed by atoms with van der Waals surface area (Å²) in [7, 11) is 0. The van der Waals surface area contributed by atoms with Crippen LogP contribution < -0.4 is 5.32 Å². The third-order valence-corrected chi connectivity index (χ3v) is 3.84. The van der Waals surface area contributed by atoms with Crippen molar-refractivity contribution in [2.45, 2.75) is 46.1 Å². The van der Waals surface area contributed by atoms with Crippen LogP contribution in [0.2, 0.25) is 0 Å². The van der Waals surface area contributed by atoms with Crippen molar-refractivity contribution < 1.29 is 4.39 Å². The Morgan fingerprint density at radius 1 is 1.37 bits per heavy atom. The lowest BCUT2D eigenvalue weighted by Gasteiger charge is -2.39. The predicted molar refractivity (Wildman–Crippen MR) is 75.3 cm³/mol. The number of hydrogen-bond acceptors (Lipinski definition) is 2. The first kappa shape index (κ1) is 13.9. The Bertz CT molecular complexity index is 502. The molecule has 1 aliphatic carbocycles. The molecule has 1 aliphatic rings. The number of anilines is 1. The van der Waals surface area contributed by atoms with Crippen molar-refractivity contribution in [3.8, 4) is 6.07 Å². The minimum Gasteiger partial charge on any atom is -0.380 e. The first-order chi connectivity index (χ1) is 8.89. The standard InChI is InChI=1S/C16H21FN2/c1-11-6-13(9-16(2,3)8-11)19-15-5-4-12(10-18)7-14(15)17/h4-5,7,11,13,19H,6,8-9H2,1-3H3. The smallest absolute Gasteiger partial charge is 0.147 e. The molecule has 0 amide bonds. The van der Waals surface area contributed by atoms with Crippen LogP contribution in [0.15, 0.2) is 18.2 Å². The highest BCUT2D eigenvalue weighted by Gasteiger charge is 2.32. The van der Waals surface area contributed by atoms with Crippen LogP contribution in [0, 0.1) is 28.5 Å². The predicted octanol–water partition coefficient (Wildman–Crippen LogP) is 4.32. The molecule has 0 heterocycles. The van der Waals surface area contributed by atoms with Crippen molar-refractivity contribution in [2.24, 2.45) is 11.3 Å². The molecule has 19 heavy (non-hydrogen) atoms. The number of benzene rings is 1. The molecule has 1 N–H and O–H groups in total. The van der Waals surface area contributed by atoms with E-state index in [2.05, 4.69) is 26.1 Å². The van der Waals surface area contributed by atoms with Crippen molar-refractivity contribution in [2.75, 3.05) is 5.32 Å². The largest absolute Gasteiger partial charge is 0.380 e. The lowest BCUT2D eigenvalue weighted by Crippen LogP contribution is -2.35. The van der Waals surface area contributed by atoms with Crippen molar-refractivity contribution in [3.05, 3.63) is 29.6 Å². The maximum atomic E-state index is 13.9. The molecule has 2 atom stereocenters. The Morgan fingerprint density at radius 3 is 2.68 bits per heavy atom. The second kappa shape index (κ2) is 5.21. The Kier molecular flexibility index (Phi) is 3.80. The van der Waals surface area contributed by atoms with Crippen molar-refractivity contribution in [1.82, 2.24) is 0 Å². The van der Waals surface area contributed by atoms with Gasteiger partial charge in [0, 0.05) is 6.04 Å². The fraction of sp³-hybridized carbons (Fsp3) is 0.562. The number of nitrogens with one attached hydrogen (secondary N) is 1. The van der Waals surface area contributed by atoms with Crippen LogP contribution in [0.1, 0.15) is 45.6 Å². The highest BCUT2D eigenvalue weighted by molar-refractivity contribution is 5.49. The Labute approximate surface area is 114 Å². The molecule has 2 unspecified atom stereocenters. The summed E-state index contributed by atoms with van der Waals surface area (Å²) in [6.07, 6.45) is 3.35. The number of halogens is 1. The highest BCUT2D eigenvalue weighted by Crippen LogP contribution is 2.39. The van der Waals surface area contributed by atoms with Gasteiger partial charge in [0.05, 0.1) is 17.3 Å². The minimum atomic E-state index is -0.338. The molecule has 2 rings (SSSR count). The monoisotopic (exact) mass is 260 g/mol. The van der Waals surface area contributed by atoms with Gasteiger partial charge in [-0.1, -0.05) is 20.8 Å². The van der Waals surface area contributed by atoms with Crippen LogP contribution in [0.4, 0.5) is 10.1 Å². The van der Waals surface area contributed by atoms with Crippen LogP contribution in [-0.2, 0) is 0 Å². The molecule has 102 valence electrons. The summed E-state index contributed by atoms with van der Waals surface area (Å²) in [5.41, 5.74) is 1.17. The van der Waals surface area contributed by atoms with E-state index in [-0.39, 0.29) is 5.82 Å². The van der Waals surface area contributed by atoms with E-state index in [1.54, 1.807) is 12.1 Å². The van der Waals surface area contributed by atoms with E-state index in [1.165, 1.54) is 12.5 Å². The Balaban J connectivity index is 2.11. The molecule has 0 aliphatic heterocycles. The molecule has 3 heteroatoms. The van der Waals surface area contributed by atoms with Gasteiger partial charge in [0.1, 0.15) is 5.82 Å². The van der Waals surface area contributed by atoms with E-state index in [1.807, 2.05) is 6.07 Å². The number of rotatable bonds is 2. The zero-order valence-electron chi connectivity index (χ0n) is 11.8. The van der Waals surface area contributed by atoms with Crippen LogP contribution in [-0.4, -0.2) is 6.04 Å². The summed E-state index contributed by atoms with van der Waals surface area (Å²) in [6, 6.07) is 6.87. The average molecular weight is 260 g/mol. The zero-order chi connectivity index (χ0) is 14.0. The Hall–Kier alpha value is -1.56. The van der Waals surface area contributed by atoms with E-state index in [9.17, 15) is 4.39 Å². The SMILES string of the molecule is CC1CC(Nc2ccc(C#N)cc2F)CC(C)(C)C1. The fourth-order valence-corrected chi connectivity index (χ4v) is 3.38. The summed E-state index contributed by atoms with van der Waals surface area (Å²) in [4.78, 5) is 0. The first-order valence-electron chi connectivity index (χ1n) is 6.86. The van der Waals surface area contributed by atoms with Gasteiger partial charge < -0.3 is 5.32 Å². The Morgan fingerprint density at radius 2 is 2.11 bits per heavy atom. The molecular formula is C16H21FN2. The summed E-state index contributed by atoms with van der Waals surface area (Å²) in [6.45, 7) is 6.80. The average Bonchev–Trinajstić information content (AvgIpc) is 2.29. The van der Waals surface area contributed by atoms with Gasteiger partial charge in [0.25, 0.3) is 0 Å². The van der Waals surface area contributed by atoms with E-state index >= 15 is 0 Å². The molecule has 0 radical (unpaired) electrons. The van der Waals surface area contributed by atoms with Crippen LogP contribution >= 0.6 is 0 Å².